The van der Waals surface area contributed by atoms with E-state index in [1.807, 2.05) is 37.4 Å². The Kier molecular flexibility index (Phi) is 6.25. The van der Waals surface area contributed by atoms with Crippen LogP contribution in [0, 0.1) is 30.9 Å². The topological polar surface area (TPSA) is 84.8 Å². The molecule has 8 nitrogen and oxygen atoms in total. The number of hydrogen-bond donors (Lipinski definition) is 1. The molecule has 1 fully saturated rings. The highest BCUT2D eigenvalue weighted by atomic mass is 15.4. The number of rotatable bonds is 3. The summed E-state index contributed by atoms with van der Waals surface area (Å²) in [5.74, 6) is 1.77. The number of benzene rings is 1. The summed E-state index contributed by atoms with van der Waals surface area (Å²) in [6.07, 6.45) is 5.18. The molecule has 2 heterocycles. The molecule has 1 saturated heterocycles. The van der Waals surface area contributed by atoms with E-state index in [9.17, 15) is 5.26 Å². The number of nitrogens with zero attached hydrogens (tertiary/aromatic N) is 7. The van der Waals surface area contributed by atoms with Gasteiger partial charge in [-0.05, 0) is 24.5 Å². The summed E-state index contributed by atoms with van der Waals surface area (Å²) in [7, 11) is 0. The second kappa shape index (κ2) is 9.03. The standard InChI is InChI=1S/C21H24N8/c1-15(2)18-13-28(20-19(23-4)24-9-10-25-20)11-12-29(18)21(26-14-22)27-17-8-6-5-7-16(17)3/h5-10,15,18H,11-13H2,1-3H3,(H,26,27). The van der Waals surface area contributed by atoms with Gasteiger partial charge < -0.3 is 14.6 Å². The minimum Gasteiger partial charge on any atom is -0.360 e. The molecule has 0 amide bonds. The van der Waals surface area contributed by atoms with Crippen LogP contribution in [0.3, 0.4) is 0 Å². The number of aromatic nitrogens is 2. The molecule has 1 atom stereocenters. The smallest absolute Gasteiger partial charge is 0.312 e. The maximum Gasteiger partial charge on any atom is 0.312 e. The van der Waals surface area contributed by atoms with Crippen molar-refractivity contribution in [2.24, 2.45) is 10.9 Å². The van der Waals surface area contributed by atoms with Gasteiger partial charge in [0, 0.05) is 19.6 Å². The fraction of sp³-hybridized carbons (Fsp3) is 0.381. The fourth-order valence-corrected chi connectivity index (χ4v) is 3.48. The van der Waals surface area contributed by atoms with Crippen molar-refractivity contribution < 1.29 is 0 Å². The highest BCUT2D eigenvalue weighted by Crippen LogP contribution is 2.28. The van der Waals surface area contributed by atoms with E-state index in [4.69, 9.17) is 11.6 Å². The predicted octanol–water partition coefficient (Wildman–Crippen LogP) is 3.24. The average molecular weight is 388 g/mol. The first-order valence-electron chi connectivity index (χ1n) is 9.54. The summed E-state index contributed by atoms with van der Waals surface area (Å²) >= 11 is 0. The zero-order chi connectivity index (χ0) is 20.8. The molecule has 1 aromatic carbocycles. The maximum atomic E-state index is 9.31. The molecular formula is C21H24N8. The van der Waals surface area contributed by atoms with Crippen LogP contribution in [0.15, 0.2) is 41.7 Å². The Balaban J connectivity index is 1.92. The highest BCUT2D eigenvalue weighted by Gasteiger charge is 2.33. The van der Waals surface area contributed by atoms with Gasteiger partial charge in [-0.3, -0.25) is 5.32 Å². The lowest BCUT2D eigenvalue weighted by atomic mass is 9.99. The SMILES string of the molecule is [C-]#[N+]c1nccnc1N1CCN(C(=Nc2ccccc2C)NC#N)C(C(C)C)C1. The van der Waals surface area contributed by atoms with E-state index in [0.29, 0.717) is 43.1 Å². The molecule has 0 spiro atoms. The summed E-state index contributed by atoms with van der Waals surface area (Å²) in [6.45, 7) is 15.6. The minimum absolute atomic E-state index is 0.0907. The number of para-hydroxylation sites is 1. The molecule has 0 saturated carbocycles. The van der Waals surface area contributed by atoms with Gasteiger partial charge in [-0.15, -0.1) is 4.98 Å². The Morgan fingerprint density at radius 3 is 2.76 bits per heavy atom. The number of piperazine rings is 1. The third-order valence-corrected chi connectivity index (χ3v) is 5.04. The second-order valence-electron chi connectivity index (χ2n) is 7.22. The van der Waals surface area contributed by atoms with E-state index in [2.05, 4.69) is 43.8 Å². The molecule has 0 bridgehead atoms. The molecule has 3 rings (SSSR count). The van der Waals surface area contributed by atoms with E-state index in [-0.39, 0.29) is 6.04 Å². The minimum atomic E-state index is 0.0907. The van der Waals surface area contributed by atoms with Crippen molar-refractivity contribution in [1.29, 1.82) is 5.26 Å². The molecule has 29 heavy (non-hydrogen) atoms. The second-order valence-corrected chi connectivity index (χ2v) is 7.22. The van der Waals surface area contributed by atoms with Crippen molar-refractivity contribution in [2.75, 3.05) is 24.5 Å². The molecule has 148 valence electrons. The van der Waals surface area contributed by atoms with Gasteiger partial charge in [0.15, 0.2) is 12.0 Å². The first-order chi connectivity index (χ1) is 14.0. The van der Waals surface area contributed by atoms with Crippen LogP contribution >= 0.6 is 0 Å². The van der Waals surface area contributed by atoms with E-state index >= 15 is 0 Å². The van der Waals surface area contributed by atoms with Gasteiger partial charge in [0.05, 0.1) is 17.9 Å². The maximum absolute atomic E-state index is 9.31. The average Bonchev–Trinajstić information content (AvgIpc) is 2.74. The van der Waals surface area contributed by atoms with Crippen LogP contribution in [-0.4, -0.2) is 46.5 Å². The number of hydrogen-bond acceptors (Lipinski definition) is 5. The van der Waals surface area contributed by atoms with Crippen molar-refractivity contribution in [3.63, 3.8) is 0 Å². The Hall–Kier alpha value is -3.65. The van der Waals surface area contributed by atoms with Crippen LogP contribution in [0.25, 0.3) is 4.85 Å². The Bertz CT molecular complexity index is 969. The number of guanidine groups is 1. The van der Waals surface area contributed by atoms with Gasteiger partial charge in [0.2, 0.25) is 5.96 Å². The molecule has 0 radical (unpaired) electrons. The largest absolute Gasteiger partial charge is 0.360 e. The zero-order valence-corrected chi connectivity index (χ0v) is 16.9. The van der Waals surface area contributed by atoms with E-state index in [1.165, 1.54) is 6.20 Å². The summed E-state index contributed by atoms with van der Waals surface area (Å²) in [5, 5.41) is 12.1. The summed E-state index contributed by atoms with van der Waals surface area (Å²) in [6, 6.07) is 7.94. The zero-order valence-electron chi connectivity index (χ0n) is 16.9. The number of aliphatic imine (C=N–C) groups is 1. The molecule has 0 aliphatic carbocycles. The van der Waals surface area contributed by atoms with Crippen molar-refractivity contribution in [2.45, 2.75) is 26.8 Å². The molecule has 8 heteroatoms. The Morgan fingerprint density at radius 1 is 1.31 bits per heavy atom. The van der Waals surface area contributed by atoms with E-state index < -0.39 is 0 Å². The van der Waals surface area contributed by atoms with Crippen LogP contribution in [0.1, 0.15) is 19.4 Å². The molecule has 2 aromatic rings. The number of nitriles is 1. The third-order valence-electron chi connectivity index (χ3n) is 5.04. The summed E-state index contributed by atoms with van der Waals surface area (Å²) in [5.41, 5.74) is 1.88. The van der Waals surface area contributed by atoms with Crippen LogP contribution in [-0.2, 0) is 0 Å². The van der Waals surface area contributed by atoms with Crippen molar-refractivity contribution >= 4 is 23.3 Å². The molecule has 1 aromatic heterocycles. The molecule has 1 aliphatic heterocycles. The normalized spacial score (nSPS) is 17.0. The molecule has 1 aliphatic rings. The Labute approximate surface area is 171 Å². The molecule has 1 N–H and O–H groups in total. The van der Waals surface area contributed by atoms with Crippen LogP contribution < -0.4 is 10.2 Å². The third kappa shape index (κ3) is 4.44. The van der Waals surface area contributed by atoms with Crippen molar-refractivity contribution in [3.05, 3.63) is 53.6 Å². The first kappa shape index (κ1) is 20.1. The lowest BCUT2D eigenvalue weighted by molar-refractivity contribution is 0.220. The lowest BCUT2D eigenvalue weighted by Crippen LogP contribution is -2.59. The van der Waals surface area contributed by atoms with Gasteiger partial charge in [0.1, 0.15) is 6.20 Å². The van der Waals surface area contributed by atoms with Gasteiger partial charge in [0.25, 0.3) is 0 Å². The van der Waals surface area contributed by atoms with Gasteiger partial charge in [-0.1, -0.05) is 38.6 Å². The monoisotopic (exact) mass is 388 g/mol. The van der Waals surface area contributed by atoms with Crippen LogP contribution in [0.4, 0.5) is 17.3 Å². The summed E-state index contributed by atoms with van der Waals surface area (Å²) in [4.78, 5) is 21.0. The first-order valence-corrected chi connectivity index (χ1v) is 9.54. The van der Waals surface area contributed by atoms with Crippen LogP contribution in [0.2, 0.25) is 0 Å². The molecule has 1 unspecified atom stereocenters. The van der Waals surface area contributed by atoms with Gasteiger partial charge in [-0.25, -0.2) is 9.98 Å². The lowest BCUT2D eigenvalue weighted by Gasteiger charge is -2.44. The Morgan fingerprint density at radius 2 is 2.07 bits per heavy atom. The van der Waals surface area contributed by atoms with Gasteiger partial charge >= 0.3 is 5.82 Å². The molecular weight excluding hydrogens is 364 g/mol. The quantitative estimate of drug-likeness (QED) is 0.286. The van der Waals surface area contributed by atoms with Crippen LogP contribution in [0.5, 0.6) is 0 Å². The fourth-order valence-electron chi connectivity index (χ4n) is 3.48. The number of aryl methyl sites for hydroxylation is 1. The number of nitrogens with one attached hydrogen (secondary N) is 1. The van der Waals surface area contributed by atoms with Crippen molar-refractivity contribution in [3.8, 4) is 6.19 Å². The predicted molar refractivity (Wildman–Crippen MR) is 113 cm³/mol. The van der Waals surface area contributed by atoms with Crippen molar-refractivity contribution in [1.82, 2.24) is 20.2 Å². The van der Waals surface area contributed by atoms with E-state index in [1.54, 1.807) is 6.20 Å². The highest BCUT2D eigenvalue weighted by molar-refractivity contribution is 5.85. The van der Waals surface area contributed by atoms with Gasteiger partial charge in [-0.2, -0.15) is 5.26 Å². The van der Waals surface area contributed by atoms with E-state index in [0.717, 1.165) is 11.3 Å². The summed E-state index contributed by atoms with van der Waals surface area (Å²) < 4.78 is 0. The number of anilines is 1.